The Labute approximate surface area is 454 Å². The van der Waals surface area contributed by atoms with E-state index >= 15 is 0 Å². The second-order valence-electron chi connectivity index (χ2n) is 16.6. The molecule has 0 aliphatic heterocycles. The van der Waals surface area contributed by atoms with Crippen LogP contribution in [0.1, 0.15) is 39.2 Å². The van der Waals surface area contributed by atoms with Crippen LogP contribution in [0.2, 0.25) is 0 Å². The van der Waals surface area contributed by atoms with Gasteiger partial charge >= 0.3 is 29.7 Å². The predicted octanol–water partition coefficient (Wildman–Crippen LogP) is 13.1. The Morgan fingerprint density at radius 3 is 0.808 bits per heavy atom. The van der Waals surface area contributed by atoms with Gasteiger partial charge in [0, 0.05) is 22.2 Å². The molecule has 0 fully saturated rings. The zero-order valence-corrected chi connectivity index (χ0v) is 42.3. The molecule has 2 heterocycles. The maximum absolute atomic E-state index is 12.6. The van der Waals surface area contributed by atoms with E-state index < -0.39 is 23.5 Å². The number of phenols is 2. The number of nitrogens with zero attached hydrogens (tertiary/aromatic N) is 5. The SMILES string of the molecule is Cc1ccc2c(C(F)(F)F)ccc(O)c2n1.Cc1ccc2c(C(F)(F)F)ccc(O)c2n1.N#Cc1ccc(-c2ccc([O-])cc2)cc1.N#Cc1ccc(-c2ccc([O-])cc2)cc1.N#Cc1ccc(-c2ccc([O-])cc2)cc1.[Al+3]. The molecule has 10 nitrogen and oxygen atoms in total. The Morgan fingerprint density at radius 2 is 0.590 bits per heavy atom. The summed E-state index contributed by atoms with van der Waals surface area (Å²) in [4.78, 5) is 7.80. The van der Waals surface area contributed by atoms with Crippen molar-refractivity contribution in [2.24, 2.45) is 0 Å². The standard InChI is InChI=1S/3C13H9NO.2C11H8F3NO.Al/c3*14-9-10-1-3-11(4-2-10)12-5-7-13(15)8-6-12;2*1-6-2-3-7-8(11(12,13)14)4-5-9(16)10(7)15-6;/h3*1-8,15H;2*2-5,16H,1H3;/q;;;;;+3/p-3. The molecule has 0 saturated carbocycles. The number of aromatic hydroxyl groups is 2. The molecule has 10 aromatic rings. The van der Waals surface area contributed by atoms with Gasteiger partial charge in [-0.2, -0.15) is 42.1 Å². The van der Waals surface area contributed by atoms with Crippen LogP contribution in [-0.4, -0.2) is 37.5 Å². The minimum absolute atomic E-state index is 0. The van der Waals surface area contributed by atoms with Crippen LogP contribution in [0.25, 0.3) is 55.2 Å². The second-order valence-corrected chi connectivity index (χ2v) is 16.6. The van der Waals surface area contributed by atoms with Crippen molar-refractivity contribution >= 4 is 39.2 Å². The maximum Gasteiger partial charge on any atom is 3.00 e. The fourth-order valence-corrected chi connectivity index (χ4v) is 7.25. The molecule has 17 heteroatoms. The normalized spacial score (nSPS) is 10.4. The van der Waals surface area contributed by atoms with E-state index in [2.05, 4.69) is 28.2 Å². The number of hydrogen-bond donors (Lipinski definition) is 2. The summed E-state index contributed by atoms with van der Waals surface area (Å²) >= 11 is 0. The van der Waals surface area contributed by atoms with Gasteiger partial charge in [0.25, 0.3) is 0 Å². The monoisotopic (exact) mass is 1060 g/mol. The predicted molar refractivity (Wildman–Crippen MR) is 280 cm³/mol. The number of benzene rings is 8. The number of aryl methyl sites for hydroxylation is 2. The van der Waals surface area contributed by atoms with Crippen molar-refractivity contribution in [3.8, 4) is 80.3 Å². The van der Waals surface area contributed by atoms with E-state index in [1.165, 1.54) is 60.7 Å². The zero-order valence-electron chi connectivity index (χ0n) is 41.2. The first-order valence-electron chi connectivity index (χ1n) is 22.8. The van der Waals surface area contributed by atoms with Crippen molar-refractivity contribution < 1.29 is 51.9 Å². The summed E-state index contributed by atoms with van der Waals surface area (Å²) in [7, 11) is 0. The van der Waals surface area contributed by atoms with Crippen LogP contribution < -0.4 is 15.3 Å². The summed E-state index contributed by atoms with van der Waals surface area (Å²) in [5.74, 6) is -0.467. The van der Waals surface area contributed by atoms with Gasteiger partial charge in [-0.05, 0) is 120 Å². The van der Waals surface area contributed by atoms with E-state index in [-0.39, 0.29) is 67.9 Å². The maximum atomic E-state index is 12.6. The first-order chi connectivity index (χ1) is 36.7. The third kappa shape index (κ3) is 16.1. The molecule has 2 N–H and O–H groups in total. The van der Waals surface area contributed by atoms with Crippen molar-refractivity contribution in [1.82, 2.24) is 9.97 Å². The summed E-state index contributed by atoms with van der Waals surface area (Å²) in [5, 5.41) is 77.4. The van der Waals surface area contributed by atoms with Crippen molar-refractivity contribution in [1.29, 1.82) is 15.8 Å². The van der Waals surface area contributed by atoms with Crippen molar-refractivity contribution in [3.63, 3.8) is 0 Å². The molecule has 2 aromatic heterocycles. The first kappa shape index (κ1) is 59.0. The minimum Gasteiger partial charge on any atom is -0.872 e. The minimum atomic E-state index is -4.44. The van der Waals surface area contributed by atoms with Crippen molar-refractivity contribution in [3.05, 3.63) is 233 Å². The molecule has 0 atom stereocenters. The quantitative estimate of drug-likeness (QED) is 0.126. The van der Waals surface area contributed by atoms with Crippen molar-refractivity contribution in [2.45, 2.75) is 26.2 Å². The number of nitriles is 3. The van der Waals surface area contributed by atoms with Gasteiger partial charge in [-0.1, -0.05) is 121 Å². The van der Waals surface area contributed by atoms with Crippen LogP contribution in [0.3, 0.4) is 0 Å². The second kappa shape index (κ2) is 26.6. The molecule has 0 spiro atoms. The summed E-state index contributed by atoms with van der Waals surface area (Å²) < 4.78 is 75.8. The van der Waals surface area contributed by atoms with E-state index in [0.717, 1.165) is 57.6 Å². The Balaban J connectivity index is 0.000000179. The van der Waals surface area contributed by atoms with Crippen LogP contribution in [0.4, 0.5) is 26.3 Å². The van der Waals surface area contributed by atoms with E-state index in [1.807, 2.05) is 36.4 Å². The van der Waals surface area contributed by atoms with Gasteiger partial charge in [0.2, 0.25) is 0 Å². The number of hydrogen-bond acceptors (Lipinski definition) is 10. The number of rotatable bonds is 3. The molecule has 0 unspecified atom stereocenters. The molecule has 0 radical (unpaired) electrons. The third-order valence-electron chi connectivity index (χ3n) is 11.2. The number of aromatic nitrogens is 2. The van der Waals surface area contributed by atoms with Gasteiger partial charge < -0.3 is 25.5 Å². The summed E-state index contributed by atoms with van der Waals surface area (Å²) in [6.07, 6.45) is -8.88. The van der Waals surface area contributed by atoms with Crippen LogP contribution >= 0.6 is 0 Å². The zero-order chi connectivity index (χ0) is 55.9. The molecular weight excluding hydrogens is 1020 g/mol. The molecule has 10 rings (SSSR count). The van der Waals surface area contributed by atoms with Gasteiger partial charge in [0.15, 0.2) is 0 Å². The Bertz CT molecular complexity index is 3410. The molecule has 8 aromatic carbocycles. The average Bonchev–Trinajstić information content (AvgIpc) is 3.45. The Kier molecular flexibility index (Phi) is 20.1. The number of pyridine rings is 2. The summed E-state index contributed by atoms with van der Waals surface area (Å²) in [6.45, 7) is 3.30. The Hall–Kier alpha value is -9.84. The van der Waals surface area contributed by atoms with E-state index in [1.54, 1.807) is 86.6 Å². The number of halogens is 6. The third-order valence-corrected chi connectivity index (χ3v) is 11.2. The van der Waals surface area contributed by atoms with Crippen LogP contribution in [-0.2, 0) is 12.4 Å². The average molecular weight is 1060 g/mol. The molecule has 384 valence electrons. The molecule has 0 amide bonds. The summed E-state index contributed by atoms with van der Waals surface area (Å²) in [5.41, 5.74) is 7.40. The summed E-state index contributed by atoms with van der Waals surface area (Å²) in [6, 6.07) is 57.3. The largest absolute Gasteiger partial charge is 3.00 e. The van der Waals surface area contributed by atoms with E-state index in [0.29, 0.717) is 28.1 Å². The number of alkyl halides is 6. The molecule has 0 aliphatic rings. The fourth-order valence-electron chi connectivity index (χ4n) is 7.25. The Morgan fingerprint density at radius 1 is 0.359 bits per heavy atom. The van der Waals surface area contributed by atoms with Crippen LogP contribution in [0, 0.1) is 47.8 Å². The van der Waals surface area contributed by atoms with E-state index in [4.69, 9.17) is 15.8 Å². The molecule has 0 aliphatic carbocycles. The number of fused-ring (bicyclic) bond motifs is 2. The van der Waals surface area contributed by atoms with Gasteiger partial charge in [0.05, 0.1) is 46.0 Å². The van der Waals surface area contributed by atoms with Crippen LogP contribution in [0.15, 0.2) is 194 Å². The molecule has 0 saturated heterocycles. The van der Waals surface area contributed by atoms with Crippen LogP contribution in [0.5, 0.6) is 28.7 Å². The molecule has 0 bridgehead atoms. The topological polar surface area (TPSA) is 207 Å². The molecular formula is C61H40AlF6N5O5. The smallest absolute Gasteiger partial charge is 0.872 e. The van der Waals surface area contributed by atoms with Crippen molar-refractivity contribution in [2.75, 3.05) is 0 Å². The number of phenolic OH excluding ortho intramolecular Hbond substituents is 2. The first-order valence-corrected chi connectivity index (χ1v) is 22.8. The van der Waals surface area contributed by atoms with Gasteiger partial charge in [-0.3, -0.25) is 0 Å². The fraction of sp³-hybridized carbons (Fsp3) is 0.0656. The van der Waals surface area contributed by atoms with Gasteiger partial charge in [-0.25, -0.2) is 9.97 Å². The molecule has 78 heavy (non-hydrogen) atoms. The van der Waals surface area contributed by atoms with Gasteiger partial charge in [-0.15, -0.1) is 17.2 Å². The van der Waals surface area contributed by atoms with Gasteiger partial charge in [0.1, 0.15) is 22.5 Å². The van der Waals surface area contributed by atoms with E-state index in [9.17, 15) is 51.9 Å².